The molecule has 2 atom stereocenters. The highest BCUT2D eigenvalue weighted by Gasteiger charge is 2.34. The first kappa shape index (κ1) is 16.2. The Morgan fingerprint density at radius 2 is 1.68 bits per heavy atom. The number of aliphatic hydroxyl groups excluding tert-OH is 1. The van der Waals surface area contributed by atoms with E-state index in [1.54, 1.807) is 0 Å². The van der Waals surface area contributed by atoms with Gasteiger partial charge in [-0.1, -0.05) is 51.1 Å². The molecular formula is C17H29NO. The molecule has 0 amide bonds. The average Bonchev–Trinajstić information content (AvgIpc) is 2.39. The largest absolute Gasteiger partial charge is 0.387 e. The number of benzene rings is 1. The predicted molar refractivity (Wildman–Crippen MR) is 82.2 cm³/mol. The number of aliphatic hydroxyl groups is 1. The van der Waals surface area contributed by atoms with Gasteiger partial charge in [-0.05, 0) is 38.8 Å². The van der Waals surface area contributed by atoms with Crippen LogP contribution >= 0.6 is 0 Å². The zero-order valence-corrected chi connectivity index (χ0v) is 13.2. The molecule has 1 aromatic carbocycles. The zero-order chi connectivity index (χ0) is 14.6. The number of nitrogens with zero attached hydrogens (tertiary/aromatic N) is 1. The Morgan fingerprint density at radius 3 is 2.11 bits per heavy atom. The number of likely N-dealkylation sites (N-methyl/N-ethyl adjacent to an activating group) is 1. The Hall–Kier alpha value is -0.860. The van der Waals surface area contributed by atoms with Gasteiger partial charge in [0.25, 0.3) is 0 Å². The SMILES string of the molecule is CCC(C)(C)N(C)C(C(C)C)C(O)c1ccccc1. The number of rotatable bonds is 6. The molecule has 19 heavy (non-hydrogen) atoms. The standard InChI is InChI=1S/C17H29NO/c1-7-17(4,5)18(6)15(13(2)3)16(19)14-11-9-8-10-12-14/h8-13,15-16,19H,7H2,1-6H3. The molecule has 0 aliphatic rings. The number of hydrogen-bond donors (Lipinski definition) is 1. The van der Waals surface area contributed by atoms with Crippen LogP contribution in [0.25, 0.3) is 0 Å². The van der Waals surface area contributed by atoms with Crippen molar-refractivity contribution in [3.8, 4) is 0 Å². The lowest BCUT2D eigenvalue weighted by Gasteiger charge is -2.44. The summed E-state index contributed by atoms with van der Waals surface area (Å²) >= 11 is 0. The quantitative estimate of drug-likeness (QED) is 0.842. The maximum atomic E-state index is 10.7. The Bertz CT molecular complexity index is 372. The van der Waals surface area contributed by atoms with Gasteiger partial charge >= 0.3 is 0 Å². The summed E-state index contributed by atoms with van der Waals surface area (Å²) < 4.78 is 0. The first-order valence-corrected chi connectivity index (χ1v) is 7.27. The van der Waals surface area contributed by atoms with E-state index in [1.807, 2.05) is 30.3 Å². The highest BCUT2D eigenvalue weighted by Crippen LogP contribution is 2.31. The van der Waals surface area contributed by atoms with Gasteiger partial charge in [0.05, 0.1) is 6.10 Å². The molecule has 0 aliphatic heterocycles. The lowest BCUT2D eigenvalue weighted by atomic mass is 9.87. The molecule has 0 radical (unpaired) electrons. The van der Waals surface area contributed by atoms with E-state index >= 15 is 0 Å². The molecule has 0 spiro atoms. The zero-order valence-electron chi connectivity index (χ0n) is 13.2. The van der Waals surface area contributed by atoms with Gasteiger partial charge in [-0.25, -0.2) is 0 Å². The molecule has 0 saturated heterocycles. The highest BCUT2D eigenvalue weighted by molar-refractivity contribution is 5.19. The van der Waals surface area contributed by atoms with Crippen LogP contribution in [-0.4, -0.2) is 28.6 Å². The molecule has 2 heteroatoms. The number of hydrogen-bond acceptors (Lipinski definition) is 2. The third kappa shape index (κ3) is 3.80. The van der Waals surface area contributed by atoms with Crippen molar-refractivity contribution in [2.45, 2.75) is 58.7 Å². The van der Waals surface area contributed by atoms with Gasteiger partial charge in [0.1, 0.15) is 0 Å². The van der Waals surface area contributed by atoms with E-state index < -0.39 is 6.10 Å². The van der Waals surface area contributed by atoms with Crippen molar-refractivity contribution < 1.29 is 5.11 Å². The van der Waals surface area contributed by atoms with Crippen molar-refractivity contribution in [2.75, 3.05) is 7.05 Å². The van der Waals surface area contributed by atoms with E-state index in [1.165, 1.54) is 0 Å². The van der Waals surface area contributed by atoms with E-state index in [0.29, 0.717) is 5.92 Å². The highest BCUT2D eigenvalue weighted by atomic mass is 16.3. The van der Waals surface area contributed by atoms with Crippen LogP contribution in [0.1, 0.15) is 52.7 Å². The second-order valence-electron chi connectivity index (χ2n) is 6.37. The summed E-state index contributed by atoms with van der Waals surface area (Å²) in [5.41, 5.74) is 1.09. The normalized spacial score (nSPS) is 15.8. The topological polar surface area (TPSA) is 23.5 Å². The summed E-state index contributed by atoms with van der Waals surface area (Å²) in [5.74, 6) is 0.394. The molecule has 0 fully saturated rings. The van der Waals surface area contributed by atoms with E-state index in [2.05, 4.69) is 46.6 Å². The lowest BCUT2D eigenvalue weighted by molar-refractivity contribution is -0.0149. The van der Waals surface area contributed by atoms with Crippen LogP contribution in [0.15, 0.2) is 30.3 Å². The van der Waals surface area contributed by atoms with Crippen LogP contribution in [0, 0.1) is 5.92 Å². The Balaban J connectivity index is 3.02. The first-order chi connectivity index (χ1) is 8.81. The Labute approximate surface area is 118 Å². The summed E-state index contributed by atoms with van der Waals surface area (Å²) in [6.45, 7) is 11.0. The maximum absolute atomic E-state index is 10.7. The van der Waals surface area contributed by atoms with Crippen LogP contribution in [0.5, 0.6) is 0 Å². The Morgan fingerprint density at radius 1 is 1.16 bits per heavy atom. The van der Waals surface area contributed by atoms with E-state index in [9.17, 15) is 5.11 Å². The van der Waals surface area contributed by atoms with Crippen LogP contribution in [-0.2, 0) is 0 Å². The van der Waals surface area contributed by atoms with Gasteiger partial charge in [0.2, 0.25) is 0 Å². The third-order valence-electron chi connectivity index (χ3n) is 4.41. The summed E-state index contributed by atoms with van der Waals surface area (Å²) in [6, 6.07) is 10.1. The van der Waals surface area contributed by atoms with Gasteiger partial charge < -0.3 is 5.11 Å². The molecule has 1 N–H and O–H groups in total. The van der Waals surface area contributed by atoms with Crippen molar-refractivity contribution in [2.24, 2.45) is 5.92 Å². The molecule has 2 unspecified atom stereocenters. The third-order valence-corrected chi connectivity index (χ3v) is 4.41. The van der Waals surface area contributed by atoms with Crippen molar-refractivity contribution in [3.05, 3.63) is 35.9 Å². The van der Waals surface area contributed by atoms with Gasteiger partial charge in [-0.3, -0.25) is 4.90 Å². The van der Waals surface area contributed by atoms with E-state index in [4.69, 9.17) is 0 Å². The smallest absolute Gasteiger partial charge is 0.0947 e. The molecule has 1 aromatic rings. The van der Waals surface area contributed by atoms with Crippen molar-refractivity contribution in [3.63, 3.8) is 0 Å². The molecule has 0 aliphatic carbocycles. The molecule has 1 rings (SSSR count). The fraction of sp³-hybridized carbons (Fsp3) is 0.647. The first-order valence-electron chi connectivity index (χ1n) is 7.27. The van der Waals surface area contributed by atoms with Crippen molar-refractivity contribution in [1.29, 1.82) is 0 Å². The van der Waals surface area contributed by atoms with E-state index in [0.717, 1.165) is 12.0 Å². The molecule has 0 saturated carbocycles. The van der Waals surface area contributed by atoms with Crippen LogP contribution in [0.3, 0.4) is 0 Å². The molecule has 2 nitrogen and oxygen atoms in total. The van der Waals surface area contributed by atoms with Crippen LogP contribution in [0.2, 0.25) is 0 Å². The summed E-state index contributed by atoms with van der Waals surface area (Å²) in [4.78, 5) is 2.33. The monoisotopic (exact) mass is 263 g/mol. The second kappa shape index (κ2) is 6.53. The fourth-order valence-corrected chi connectivity index (χ4v) is 2.52. The molecule has 0 aromatic heterocycles. The molecule has 0 bridgehead atoms. The van der Waals surface area contributed by atoms with Crippen LogP contribution < -0.4 is 0 Å². The molecular weight excluding hydrogens is 234 g/mol. The minimum Gasteiger partial charge on any atom is -0.387 e. The summed E-state index contributed by atoms with van der Waals surface area (Å²) in [6.07, 6.45) is 0.617. The Kier molecular flexibility index (Phi) is 5.57. The summed E-state index contributed by atoms with van der Waals surface area (Å²) in [7, 11) is 2.13. The van der Waals surface area contributed by atoms with Gasteiger partial charge in [-0.2, -0.15) is 0 Å². The second-order valence-corrected chi connectivity index (χ2v) is 6.37. The fourth-order valence-electron chi connectivity index (χ4n) is 2.52. The predicted octanol–water partition coefficient (Wildman–Crippen LogP) is 3.87. The minimum atomic E-state index is -0.447. The average molecular weight is 263 g/mol. The van der Waals surface area contributed by atoms with E-state index in [-0.39, 0.29) is 11.6 Å². The lowest BCUT2D eigenvalue weighted by Crippen LogP contribution is -2.51. The summed E-state index contributed by atoms with van der Waals surface area (Å²) in [5, 5.41) is 10.7. The molecule has 108 valence electrons. The van der Waals surface area contributed by atoms with Crippen molar-refractivity contribution in [1.82, 2.24) is 4.90 Å². The minimum absolute atomic E-state index is 0.0880. The van der Waals surface area contributed by atoms with Gasteiger partial charge in [0.15, 0.2) is 0 Å². The van der Waals surface area contributed by atoms with Crippen LogP contribution in [0.4, 0.5) is 0 Å². The van der Waals surface area contributed by atoms with Crippen molar-refractivity contribution >= 4 is 0 Å². The van der Waals surface area contributed by atoms with Gasteiger partial charge in [-0.15, -0.1) is 0 Å². The van der Waals surface area contributed by atoms with Gasteiger partial charge in [0, 0.05) is 11.6 Å². The maximum Gasteiger partial charge on any atom is 0.0947 e. The molecule has 0 heterocycles.